The topological polar surface area (TPSA) is 23.5 Å². The molecule has 0 radical (unpaired) electrons. The van der Waals surface area contributed by atoms with E-state index >= 15 is 0 Å². The smallest absolute Gasteiger partial charge is 0.251 e. The summed E-state index contributed by atoms with van der Waals surface area (Å²) in [4.78, 5) is 1.42. The van der Waals surface area contributed by atoms with E-state index in [1.54, 1.807) is 6.07 Å². The molecule has 0 aliphatic rings. The van der Waals surface area contributed by atoms with Gasteiger partial charge in [0.1, 0.15) is 5.82 Å². The molecule has 0 amide bonds. The minimum atomic E-state index is -2.45. The lowest BCUT2D eigenvalue weighted by molar-refractivity contribution is 0.0746. The van der Waals surface area contributed by atoms with Crippen molar-refractivity contribution in [2.24, 2.45) is 0 Å². The van der Waals surface area contributed by atoms with Crippen LogP contribution in [-0.4, -0.2) is 36.1 Å². The number of hydrogen-bond acceptors (Lipinski definition) is 2. The van der Waals surface area contributed by atoms with Gasteiger partial charge in [-0.05, 0) is 33.6 Å². The molecule has 0 spiro atoms. The molecule has 17 heavy (non-hydrogen) atoms. The summed E-state index contributed by atoms with van der Waals surface area (Å²) < 4.78 is 37.8. The fourth-order valence-electron chi connectivity index (χ4n) is 1.47. The summed E-state index contributed by atoms with van der Waals surface area (Å²) in [6.45, 7) is -0.173. The van der Waals surface area contributed by atoms with Gasteiger partial charge in [0.15, 0.2) is 0 Å². The Morgan fingerprint density at radius 3 is 2.59 bits per heavy atom. The van der Waals surface area contributed by atoms with Crippen molar-refractivity contribution in [3.05, 3.63) is 34.1 Å². The number of alkyl halides is 2. The quantitative estimate of drug-likeness (QED) is 0.873. The van der Waals surface area contributed by atoms with Crippen LogP contribution in [0.25, 0.3) is 0 Å². The Labute approximate surface area is 106 Å². The zero-order chi connectivity index (χ0) is 12.8. The highest BCUT2D eigenvalue weighted by Gasteiger charge is 2.12. The summed E-state index contributed by atoms with van der Waals surface area (Å²) >= 11 is 3.03. The Morgan fingerprint density at radius 2 is 2.06 bits per heavy atom. The van der Waals surface area contributed by atoms with E-state index in [1.165, 1.54) is 17.0 Å². The highest BCUT2D eigenvalue weighted by Crippen LogP contribution is 2.18. The van der Waals surface area contributed by atoms with Crippen molar-refractivity contribution in [1.82, 2.24) is 4.90 Å². The number of halogens is 4. The lowest BCUT2D eigenvalue weighted by Gasteiger charge is -2.20. The fraction of sp³-hybridized carbons (Fsp3) is 0.455. The molecule has 96 valence electrons. The zero-order valence-corrected chi connectivity index (χ0v) is 10.6. The molecule has 0 fully saturated rings. The third kappa shape index (κ3) is 5.06. The molecule has 0 aromatic heterocycles. The molecule has 1 aromatic rings. The molecule has 0 saturated heterocycles. The molecule has 1 aromatic carbocycles. The van der Waals surface area contributed by atoms with Crippen LogP contribution in [0, 0.1) is 5.82 Å². The summed E-state index contributed by atoms with van der Waals surface area (Å²) in [6, 6.07) is 4.36. The van der Waals surface area contributed by atoms with Gasteiger partial charge >= 0.3 is 0 Å². The molecule has 1 rings (SSSR count). The van der Waals surface area contributed by atoms with Gasteiger partial charge in [-0.2, -0.15) is 0 Å². The van der Waals surface area contributed by atoms with Crippen molar-refractivity contribution in [1.29, 1.82) is 0 Å². The van der Waals surface area contributed by atoms with Crippen LogP contribution in [0.15, 0.2) is 22.7 Å². The van der Waals surface area contributed by atoms with Gasteiger partial charge in [0, 0.05) is 13.1 Å². The van der Waals surface area contributed by atoms with E-state index in [0.29, 0.717) is 10.0 Å². The van der Waals surface area contributed by atoms with Gasteiger partial charge in [-0.1, -0.05) is 6.07 Å². The average Bonchev–Trinajstić information content (AvgIpc) is 2.23. The summed E-state index contributed by atoms with van der Waals surface area (Å²) in [5, 5.41) is 8.77. The Hall–Kier alpha value is -0.590. The molecule has 0 heterocycles. The number of benzene rings is 1. The summed E-state index contributed by atoms with van der Waals surface area (Å²) in [7, 11) is 0. The first kappa shape index (κ1) is 14.5. The van der Waals surface area contributed by atoms with E-state index in [0.717, 1.165) is 0 Å². The molecule has 0 unspecified atom stereocenters. The minimum absolute atomic E-state index is 0.166. The Kier molecular flexibility index (Phi) is 5.94. The van der Waals surface area contributed by atoms with Crippen LogP contribution in [0.1, 0.15) is 5.56 Å². The monoisotopic (exact) mass is 311 g/mol. The summed E-state index contributed by atoms with van der Waals surface area (Å²) in [6.07, 6.45) is -2.45. The number of nitrogens with zero attached hydrogens (tertiary/aromatic N) is 1. The van der Waals surface area contributed by atoms with E-state index < -0.39 is 18.8 Å². The maximum Gasteiger partial charge on any atom is 0.251 e. The summed E-state index contributed by atoms with van der Waals surface area (Å²) in [5.41, 5.74) is 0.715. The third-order valence-corrected chi connectivity index (χ3v) is 2.81. The van der Waals surface area contributed by atoms with Gasteiger partial charge in [0.05, 0.1) is 17.6 Å². The molecular formula is C11H13BrF3NO. The van der Waals surface area contributed by atoms with E-state index in [2.05, 4.69) is 15.9 Å². The molecule has 6 heteroatoms. The first-order chi connectivity index (χ1) is 8.02. The average molecular weight is 312 g/mol. The van der Waals surface area contributed by atoms with Crippen molar-refractivity contribution >= 4 is 15.9 Å². The molecule has 0 aliphatic carbocycles. The van der Waals surface area contributed by atoms with Gasteiger partial charge < -0.3 is 5.11 Å². The van der Waals surface area contributed by atoms with E-state index in [4.69, 9.17) is 5.11 Å². The molecule has 0 bridgehead atoms. The number of aliphatic hydroxyl groups is 1. The van der Waals surface area contributed by atoms with Gasteiger partial charge in [0.2, 0.25) is 0 Å². The Balaban J connectivity index is 2.67. The second-order valence-corrected chi connectivity index (χ2v) is 4.45. The van der Waals surface area contributed by atoms with E-state index in [-0.39, 0.29) is 19.7 Å². The van der Waals surface area contributed by atoms with Gasteiger partial charge in [0.25, 0.3) is 6.43 Å². The zero-order valence-electron chi connectivity index (χ0n) is 9.04. The van der Waals surface area contributed by atoms with E-state index in [1.807, 2.05) is 0 Å². The Morgan fingerprint density at radius 1 is 1.35 bits per heavy atom. The van der Waals surface area contributed by atoms with Crippen LogP contribution < -0.4 is 0 Å². The third-order valence-electron chi connectivity index (χ3n) is 2.20. The second-order valence-electron chi connectivity index (χ2n) is 3.60. The maximum absolute atomic E-state index is 13.0. The van der Waals surface area contributed by atoms with Crippen molar-refractivity contribution in [3.8, 4) is 0 Å². The lowest BCUT2D eigenvalue weighted by Crippen LogP contribution is -2.31. The molecular weight excluding hydrogens is 299 g/mol. The predicted octanol–water partition coefficient (Wildman–Crippen LogP) is 2.65. The van der Waals surface area contributed by atoms with Crippen molar-refractivity contribution < 1.29 is 18.3 Å². The molecule has 0 saturated carbocycles. The van der Waals surface area contributed by atoms with Crippen molar-refractivity contribution in [2.45, 2.75) is 13.0 Å². The van der Waals surface area contributed by atoms with Crippen LogP contribution in [0.4, 0.5) is 13.2 Å². The SMILES string of the molecule is OCCN(Cc1ccc(F)c(Br)c1)CC(F)F. The number of aliphatic hydroxyl groups excluding tert-OH is 1. The predicted molar refractivity (Wildman–Crippen MR) is 62.5 cm³/mol. The number of hydrogen-bond donors (Lipinski definition) is 1. The van der Waals surface area contributed by atoms with Crippen LogP contribution >= 0.6 is 15.9 Å². The highest BCUT2D eigenvalue weighted by atomic mass is 79.9. The fourth-order valence-corrected chi connectivity index (χ4v) is 1.89. The van der Waals surface area contributed by atoms with Crippen molar-refractivity contribution in [3.63, 3.8) is 0 Å². The van der Waals surface area contributed by atoms with Gasteiger partial charge in [-0.15, -0.1) is 0 Å². The molecule has 1 N–H and O–H groups in total. The lowest BCUT2D eigenvalue weighted by atomic mass is 10.2. The molecule has 2 nitrogen and oxygen atoms in total. The van der Waals surface area contributed by atoms with Gasteiger partial charge in [-0.3, -0.25) is 4.90 Å². The maximum atomic E-state index is 13.0. The second kappa shape index (κ2) is 6.98. The van der Waals surface area contributed by atoms with Crippen molar-refractivity contribution in [2.75, 3.05) is 19.7 Å². The van der Waals surface area contributed by atoms with Crippen LogP contribution in [0.3, 0.4) is 0 Å². The first-order valence-corrected chi connectivity index (χ1v) is 5.87. The first-order valence-electron chi connectivity index (χ1n) is 5.08. The largest absolute Gasteiger partial charge is 0.395 e. The Bertz CT molecular complexity index is 363. The molecule has 0 aliphatic heterocycles. The normalized spacial score (nSPS) is 11.5. The standard InChI is InChI=1S/C11H13BrF3NO/c12-9-5-8(1-2-10(9)13)6-16(3-4-17)7-11(14)15/h1-2,5,11,17H,3-4,6-7H2. The van der Waals surface area contributed by atoms with Crippen LogP contribution in [0.2, 0.25) is 0 Å². The number of rotatable bonds is 6. The highest BCUT2D eigenvalue weighted by molar-refractivity contribution is 9.10. The van der Waals surface area contributed by atoms with E-state index in [9.17, 15) is 13.2 Å². The molecule has 0 atom stereocenters. The van der Waals surface area contributed by atoms with Gasteiger partial charge in [-0.25, -0.2) is 13.2 Å². The summed E-state index contributed by atoms with van der Waals surface area (Å²) in [5.74, 6) is -0.392. The van der Waals surface area contributed by atoms with Crippen LogP contribution in [-0.2, 0) is 6.54 Å². The van der Waals surface area contributed by atoms with Crippen LogP contribution in [0.5, 0.6) is 0 Å². The minimum Gasteiger partial charge on any atom is -0.395 e.